The molecule has 27 heavy (non-hydrogen) atoms. The van der Waals surface area contributed by atoms with Gasteiger partial charge >= 0.3 is 4.87 Å². The SMILES string of the molecule is COc1ccc(C(CNC(=O)Cn2c(C)csc2=O)N2CCOCC2)cc1. The molecule has 1 N–H and O–H groups in total. The van der Waals surface area contributed by atoms with E-state index in [0.717, 1.165) is 41.4 Å². The highest BCUT2D eigenvalue weighted by Crippen LogP contribution is 2.23. The van der Waals surface area contributed by atoms with Crippen LogP contribution >= 0.6 is 11.3 Å². The Labute approximate surface area is 162 Å². The summed E-state index contributed by atoms with van der Waals surface area (Å²) < 4.78 is 12.2. The van der Waals surface area contributed by atoms with E-state index >= 15 is 0 Å². The Hall–Kier alpha value is -2.16. The average molecular weight is 391 g/mol. The molecule has 3 rings (SSSR count). The normalized spacial score (nSPS) is 16.1. The first-order chi connectivity index (χ1) is 13.1. The molecule has 1 unspecified atom stereocenters. The van der Waals surface area contributed by atoms with Crippen molar-refractivity contribution in [3.8, 4) is 5.75 Å². The molecule has 1 amide bonds. The van der Waals surface area contributed by atoms with Gasteiger partial charge in [0, 0.05) is 30.7 Å². The van der Waals surface area contributed by atoms with Gasteiger partial charge in [0.25, 0.3) is 0 Å². The molecule has 8 heteroatoms. The highest BCUT2D eigenvalue weighted by molar-refractivity contribution is 7.07. The van der Waals surface area contributed by atoms with Crippen molar-refractivity contribution in [2.45, 2.75) is 19.5 Å². The van der Waals surface area contributed by atoms with Gasteiger partial charge in [0.1, 0.15) is 12.3 Å². The van der Waals surface area contributed by atoms with Crippen molar-refractivity contribution in [3.63, 3.8) is 0 Å². The molecular formula is C19H25N3O4S. The largest absolute Gasteiger partial charge is 0.497 e. The topological polar surface area (TPSA) is 72.8 Å². The number of ether oxygens (including phenoxy) is 2. The first-order valence-electron chi connectivity index (χ1n) is 8.96. The molecule has 0 spiro atoms. The molecule has 1 aliphatic rings. The number of methoxy groups -OCH3 is 1. The predicted octanol–water partition coefficient (Wildman–Crippen LogP) is 1.42. The van der Waals surface area contributed by atoms with E-state index in [1.165, 1.54) is 4.57 Å². The number of aromatic nitrogens is 1. The van der Waals surface area contributed by atoms with Crippen molar-refractivity contribution in [3.05, 3.63) is 50.6 Å². The molecule has 1 saturated heterocycles. The molecule has 1 aliphatic heterocycles. The molecule has 1 atom stereocenters. The van der Waals surface area contributed by atoms with Crippen molar-refractivity contribution in [1.29, 1.82) is 0 Å². The number of benzene rings is 1. The minimum Gasteiger partial charge on any atom is -0.497 e. The van der Waals surface area contributed by atoms with E-state index < -0.39 is 0 Å². The number of aryl methyl sites for hydroxylation is 1. The fourth-order valence-electron chi connectivity index (χ4n) is 3.18. The number of carbonyl (C=O) groups is 1. The third-order valence-corrected chi connectivity index (χ3v) is 5.64. The van der Waals surface area contributed by atoms with Crippen LogP contribution in [0.1, 0.15) is 17.3 Å². The Morgan fingerprint density at radius 1 is 1.30 bits per heavy atom. The second-order valence-electron chi connectivity index (χ2n) is 6.47. The molecule has 2 heterocycles. The maximum absolute atomic E-state index is 12.4. The summed E-state index contributed by atoms with van der Waals surface area (Å²) in [5.41, 5.74) is 1.92. The molecule has 2 aromatic rings. The van der Waals surface area contributed by atoms with Crippen molar-refractivity contribution in [2.24, 2.45) is 0 Å². The van der Waals surface area contributed by atoms with Crippen LogP contribution in [0.25, 0.3) is 0 Å². The standard InChI is InChI=1S/C19H25N3O4S/c1-14-13-27-19(24)22(14)12-18(23)20-11-17(21-7-9-26-10-8-21)15-3-5-16(25-2)6-4-15/h3-6,13,17H,7-12H2,1-2H3,(H,20,23). The quantitative estimate of drug-likeness (QED) is 0.773. The van der Waals surface area contributed by atoms with Crippen LogP contribution in [0.4, 0.5) is 0 Å². The monoisotopic (exact) mass is 391 g/mol. The van der Waals surface area contributed by atoms with Crippen LogP contribution in [0.2, 0.25) is 0 Å². The number of hydrogen-bond acceptors (Lipinski definition) is 6. The highest BCUT2D eigenvalue weighted by atomic mass is 32.1. The van der Waals surface area contributed by atoms with Crippen molar-refractivity contribution in [2.75, 3.05) is 40.0 Å². The zero-order valence-electron chi connectivity index (χ0n) is 15.6. The van der Waals surface area contributed by atoms with E-state index in [2.05, 4.69) is 10.2 Å². The second-order valence-corrected chi connectivity index (χ2v) is 7.29. The number of amides is 1. The molecule has 0 aliphatic carbocycles. The van der Waals surface area contributed by atoms with Crippen molar-refractivity contribution in [1.82, 2.24) is 14.8 Å². The van der Waals surface area contributed by atoms with Crippen LogP contribution in [0.5, 0.6) is 5.75 Å². The number of thiazole rings is 1. The minimum absolute atomic E-state index is 0.0454. The average Bonchev–Trinajstić information content (AvgIpc) is 3.01. The summed E-state index contributed by atoms with van der Waals surface area (Å²) in [6, 6.07) is 7.96. The van der Waals surface area contributed by atoms with Gasteiger partial charge in [0.15, 0.2) is 0 Å². The number of nitrogens with one attached hydrogen (secondary N) is 1. The Kier molecular flexibility index (Phi) is 6.65. The predicted molar refractivity (Wildman–Crippen MR) is 104 cm³/mol. The van der Waals surface area contributed by atoms with E-state index in [0.29, 0.717) is 19.8 Å². The van der Waals surface area contributed by atoms with E-state index in [-0.39, 0.29) is 23.4 Å². The maximum Gasteiger partial charge on any atom is 0.307 e. The van der Waals surface area contributed by atoms with E-state index in [9.17, 15) is 9.59 Å². The van der Waals surface area contributed by atoms with Crippen LogP contribution in [0.3, 0.4) is 0 Å². The molecule has 0 saturated carbocycles. The summed E-state index contributed by atoms with van der Waals surface area (Å²) in [7, 11) is 1.64. The smallest absolute Gasteiger partial charge is 0.307 e. The van der Waals surface area contributed by atoms with Gasteiger partial charge in [-0.3, -0.25) is 19.1 Å². The highest BCUT2D eigenvalue weighted by Gasteiger charge is 2.23. The second kappa shape index (κ2) is 9.16. The number of rotatable bonds is 7. The first-order valence-corrected chi connectivity index (χ1v) is 9.84. The lowest BCUT2D eigenvalue weighted by Gasteiger charge is -2.35. The van der Waals surface area contributed by atoms with E-state index in [4.69, 9.17) is 9.47 Å². The van der Waals surface area contributed by atoms with Crippen molar-refractivity contribution < 1.29 is 14.3 Å². The molecule has 1 aromatic heterocycles. The number of hydrogen-bond donors (Lipinski definition) is 1. The number of nitrogens with zero attached hydrogens (tertiary/aromatic N) is 2. The lowest BCUT2D eigenvalue weighted by Crippen LogP contribution is -2.44. The van der Waals surface area contributed by atoms with Crippen molar-refractivity contribution >= 4 is 17.2 Å². The molecule has 1 aromatic carbocycles. The first kappa shape index (κ1) is 19.6. The fourth-order valence-corrected chi connectivity index (χ4v) is 3.91. The van der Waals surface area contributed by atoms with Gasteiger partial charge in [-0.25, -0.2) is 0 Å². The molecule has 0 radical (unpaired) electrons. The van der Waals surface area contributed by atoms with Crippen LogP contribution in [-0.2, 0) is 16.1 Å². The van der Waals surface area contributed by atoms with Crippen LogP contribution in [-0.4, -0.2) is 55.3 Å². The lowest BCUT2D eigenvalue weighted by atomic mass is 10.0. The van der Waals surface area contributed by atoms with Gasteiger partial charge in [-0.15, -0.1) is 0 Å². The maximum atomic E-state index is 12.4. The van der Waals surface area contributed by atoms with Crippen LogP contribution < -0.4 is 14.9 Å². The molecule has 7 nitrogen and oxygen atoms in total. The van der Waals surface area contributed by atoms with Crippen LogP contribution in [0.15, 0.2) is 34.4 Å². The Bertz CT molecular complexity index is 809. The Morgan fingerprint density at radius 3 is 2.59 bits per heavy atom. The third-order valence-electron chi connectivity index (χ3n) is 4.76. The summed E-state index contributed by atoms with van der Waals surface area (Å²) >= 11 is 1.11. The summed E-state index contributed by atoms with van der Waals surface area (Å²) in [4.78, 5) is 26.4. The molecule has 146 valence electrons. The Balaban J connectivity index is 1.68. The van der Waals surface area contributed by atoms with Gasteiger partial charge in [-0.2, -0.15) is 0 Å². The Morgan fingerprint density at radius 2 is 2.00 bits per heavy atom. The zero-order valence-corrected chi connectivity index (χ0v) is 16.5. The van der Waals surface area contributed by atoms with E-state index in [1.54, 1.807) is 12.5 Å². The minimum atomic E-state index is -0.162. The molecular weight excluding hydrogens is 366 g/mol. The van der Waals surface area contributed by atoms with Gasteiger partial charge in [0.05, 0.1) is 26.4 Å². The summed E-state index contributed by atoms with van der Waals surface area (Å²) in [6.07, 6.45) is 0. The van der Waals surface area contributed by atoms with Gasteiger partial charge < -0.3 is 14.8 Å². The molecule has 0 bridgehead atoms. The summed E-state index contributed by atoms with van der Waals surface area (Å²) in [5, 5.41) is 4.76. The van der Waals surface area contributed by atoms with Gasteiger partial charge in [-0.1, -0.05) is 23.5 Å². The zero-order chi connectivity index (χ0) is 19.2. The fraction of sp³-hybridized carbons (Fsp3) is 0.474. The number of carbonyl (C=O) groups excluding carboxylic acids is 1. The van der Waals surface area contributed by atoms with Crippen LogP contribution in [0, 0.1) is 6.92 Å². The summed E-state index contributed by atoms with van der Waals surface area (Å²) in [6.45, 7) is 5.36. The lowest BCUT2D eigenvalue weighted by molar-refractivity contribution is -0.122. The third kappa shape index (κ3) is 4.97. The van der Waals surface area contributed by atoms with Gasteiger partial charge in [-0.05, 0) is 24.6 Å². The molecule has 1 fully saturated rings. The summed E-state index contributed by atoms with van der Waals surface area (Å²) in [5.74, 6) is 0.640. The van der Waals surface area contributed by atoms with E-state index in [1.807, 2.05) is 31.2 Å². The number of morpholine rings is 1. The van der Waals surface area contributed by atoms with Gasteiger partial charge in [0.2, 0.25) is 5.91 Å².